The molecule has 0 amide bonds. The van der Waals surface area contributed by atoms with Crippen LogP contribution < -0.4 is 5.32 Å². The molecule has 0 aromatic heterocycles. The Morgan fingerprint density at radius 1 is 1.31 bits per heavy atom. The fourth-order valence-electron chi connectivity index (χ4n) is 1.46. The lowest BCUT2D eigenvalue weighted by Crippen LogP contribution is -2.15. The Labute approximate surface area is 79.0 Å². The van der Waals surface area contributed by atoms with E-state index >= 15 is 0 Å². The Hall–Kier alpha value is -0.890. The number of benzene rings is 1. The van der Waals surface area contributed by atoms with Crippen molar-refractivity contribution in [2.45, 2.75) is 25.8 Å². The molecule has 0 spiro atoms. The van der Waals surface area contributed by atoms with Gasteiger partial charge in [-0.3, -0.25) is 0 Å². The minimum absolute atomic E-state index is 0.171. The van der Waals surface area contributed by atoms with Gasteiger partial charge in [0.15, 0.2) is 0 Å². The van der Waals surface area contributed by atoms with Crippen molar-refractivity contribution in [3.8, 4) is 0 Å². The van der Waals surface area contributed by atoms with E-state index in [1.807, 2.05) is 19.2 Å². The number of nitrogens with one attached hydrogen (secondary N) is 1. The van der Waals surface area contributed by atoms with E-state index in [9.17, 15) is 4.39 Å². The molecule has 0 radical (unpaired) electrons. The van der Waals surface area contributed by atoms with Crippen molar-refractivity contribution in [1.82, 2.24) is 5.32 Å². The number of rotatable bonds is 4. The summed E-state index contributed by atoms with van der Waals surface area (Å²) in [6.45, 7) is 2.15. The SMILES string of the molecule is CCC[C@@H](NC)c1ccc(F)cc1. The van der Waals surface area contributed by atoms with E-state index in [-0.39, 0.29) is 5.82 Å². The van der Waals surface area contributed by atoms with Gasteiger partial charge in [-0.2, -0.15) is 0 Å². The maximum absolute atomic E-state index is 12.6. The van der Waals surface area contributed by atoms with Gasteiger partial charge in [-0.15, -0.1) is 0 Å². The van der Waals surface area contributed by atoms with Crippen molar-refractivity contribution in [2.24, 2.45) is 0 Å². The van der Waals surface area contributed by atoms with Crippen molar-refractivity contribution >= 4 is 0 Å². The minimum Gasteiger partial charge on any atom is -0.313 e. The summed E-state index contributed by atoms with van der Waals surface area (Å²) in [6, 6.07) is 7.05. The van der Waals surface area contributed by atoms with Crippen LogP contribution in [0.3, 0.4) is 0 Å². The zero-order chi connectivity index (χ0) is 9.68. The molecule has 13 heavy (non-hydrogen) atoms. The Morgan fingerprint density at radius 2 is 1.92 bits per heavy atom. The van der Waals surface area contributed by atoms with E-state index in [2.05, 4.69) is 12.2 Å². The first-order valence-corrected chi connectivity index (χ1v) is 4.70. The van der Waals surface area contributed by atoms with Gasteiger partial charge in [-0.25, -0.2) is 4.39 Å². The van der Waals surface area contributed by atoms with Gasteiger partial charge < -0.3 is 5.32 Å². The smallest absolute Gasteiger partial charge is 0.123 e. The normalized spacial score (nSPS) is 12.8. The van der Waals surface area contributed by atoms with Crippen molar-refractivity contribution in [3.05, 3.63) is 35.6 Å². The van der Waals surface area contributed by atoms with Crippen LogP contribution in [0.25, 0.3) is 0 Å². The highest BCUT2D eigenvalue weighted by atomic mass is 19.1. The molecule has 1 rings (SSSR count). The highest BCUT2D eigenvalue weighted by Crippen LogP contribution is 2.17. The summed E-state index contributed by atoms with van der Waals surface area (Å²) in [6.07, 6.45) is 2.21. The Kier molecular flexibility index (Phi) is 3.90. The summed E-state index contributed by atoms with van der Waals surface area (Å²) < 4.78 is 12.6. The van der Waals surface area contributed by atoms with Gasteiger partial charge in [-0.1, -0.05) is 25.5 Å². The average Bonchev–Trinajstić information content (AvgIpc) is 2.16. The molecule has 72 valence electrons. The molecule has 1 aromatic rings. The third-order valence-electron chi connectivity index (χ3n) is 2.20. The van der Waals surface area contributed by atoms with Gasteiger partial charge in [-0.05, 0) is 31.2 Å². The zero-order valence-electron chi connectivity index (χ0n) is 8.18. The second-order valence-electron chi connectivity index (χ2n) is 3.18. The quantitative estimate of drug-likeness (QED) is 0.753. The van der Waals surface area contributed by atoms with Gasteiger partial charge >= 0.3 is 0 Å². The van der Waals surface area contributed by atoms with Gasteiger partial charge in [0, 0.05) is 6.04 Å². The summed E-state index contributed by atoms with van der Waals surface area (Å²) in [5.41, 5.74) is 1.16. The molecule has 1 atom stereocenters. The van der Waals surface area contributed by atoms with E-state index < -0.39 is 0 Å². The fraction of sp³-hybridized carbons (Fsp3) is 0.455. The number of hydrogen-bond acceptors (Lipinski definition) is 1. The average molecular weight is 181 g/mol. The van der Waals surface area contributed by atoms with Gasteiger partial charge in [0.05, 0.1) is 0 Å². The second kappa shape index (κ2) is 4.97. The summed E-state index contributed by atoms with van der Waals surface area (Å²) >= 11 is 0. The van der Waals surface area contributed by atoms with Gasteiger partial charge in [0.25, 0.3) is 0 Å². The van der Waals surface area contributed by atoms with Crippen LogP contribution in [0.2, 0.25) is 0 Å². The van der Waals surface area contributed by atoms with E-state index in [1.165, 1.54) is 12.1 Å². The lowest BCUT2D eigenvalue weighted by Gasteiger charge is -2.15. The van der Waals surface area contributed by atoms with Crippen molar-refractivity contribution in [1.29, 1.82) is 0 Å². The minimum atomic E-state index is -0.171. The second-order valence-corrected chi connectivity index (χ2v) is 3.18. The molecule has 0 saturated heterocycles. The molecular formula is C11H16FN. The first kappa shape index (κ1) is 10.2. The summed E-state index contributed by atoms with van der Waals surface area (Å²) in [7, 11) is 1.93. The highest BCUT2D eigenvalue weighted by Gasteiger charge is 2.06. The molecule has 0 bridgehead atoms. The third-order valence-corrected chi connectivity index (χ3v) is 2.20. The van der Waals surface area contributed by atoms with Gasteiger partial charge in [0.2, 0.25) is 0 Å². The summed E-state index contributed by atoms with van der Waals surface area (Å²) in [5, 5.41) is 3.22. The molecule has 0 aliphatic carbocycles. The lowest BCUT2D eigenvalue weighted by molar-refractivity contribution is 0.539. The van der Waals surface area contributed by atoms with Crippen LogP contribution in [0, 0.1) is 5.82 Å². The zero-order valence-corrected chi connectivity index (χ0v) is 8.18. The molecule has 0 heterocycles. The third kappa shape index (κ3) is 2.81. The standard InChI is InChI=1S/C11H16FN/c1-3-4-11(13-2)9-5-7-10(12)8-6-9/h5-8,11,13H,3-4H2,1-2H3/t11-/m1/s1. The van der Waals surface area contributed by atoms with Crippen molar-refractivity contribution in [2.75, 3.05) is 7.05 Å². The molecule has 0 fully saturated rings. The Balaban J connectivity index is 2.73. The topological polar surface area (TPSA) is 12.0 Å². The molecule has 0 unspecified atom stereocenters. The number of hydrogen-bond donors (Lipinski definition) is 1. The van der Waals surface area contributed by atoms with Crippen LogP contribution in [-0.2, 0) is 0 Å². The van der Waals surface area contributed by atoms with E-state index in [0.717, 1.165) is 18.4 Å². The van der Waals surface area contributed by atoms with Crippen molar-refractivity contribution < 1.29 is 4.39 Å². The van der Waals surface area contributed by atoms with Crippen LogP contribution >= 0.6 is 0 Å². The molecule has 0 aliphatic heterocycles. The van der Waals surface area contributed by atoms with Crippen LogP contribution in [0.5, 0.6) is 0 Å². The van der Waals surface area contributed by atoms with Crippen LogP contribution in [0.15, 0.2) is 24.3 Å². The van der Waals surface area contributed by atoms with Crippen LogP contribution in [0.1, 0.15) is 31.4 Å². The molecule has 1 nitrogen and oxygen atoms in total. The first-order valence-electron chi connectivity index (χ1n) is 4.70. The fourth-order valence-corrected chi connectivity index (χ4v) is 1.46. The highest BCUT2D eigenvalue weighted by molar-refractivity contribution is 5.19. The number of halogens is 1. The molecule has 1 N–H and O–H groups in total. The predicted octanol–water partition coefficient (Wildman–Crippen LogP) is 2.89. The monoisotopic (exact) mass is 181 g/mol. The maximum atomic E-state index is 12.6. The Morgan fingerprint density at radius 3 is 2.38 bits per heavy atom. The van der Waals surface area contributed by atoms with Gasteiger partial charge in [0.1, 0.15) is 5.82 Å². The largest absolute Gasteiger partial charge is 0.313 e. The Bertz CT molecular complexity index is 243. The molecule has 2 heteroatoms. The first-order chi connectivity index (χ1) is 6.27. The molecule has 1 aromatic carbocycles. The predicted molar refractivity (Wildman–Crippen MR) is 53.1 cm³/mol. The van der Waals surface area contributed by atoms with E-state index in [1.54, 1.807) is 0 Å². The molecular weight excluding hydrogens is 165 g/mol. The lowest BCUT2D eigenvalue weighted by atomic mass is 10.0. The van der Waals surface area contributed by atoms with E-state index in [4.69, 9.17) is 0 Å². The maximum Gasteiger partial charge on any atom is 0.123 e. The van der Waals surface area contributed by atoms with Crippen LogP contribution in [-0.4, -0.2) is 7.05 Å². The summed E-state index contributed by atoms with van der Waals surface area (Å²) in [4.78, 5) is 0. The van der Waals surface area contributed by atoms with Crippen LogP contribution in [0.4, 0.5) is 4.39 Å². The van der Waals surface area contributed by atoms with Crippen molar-refractivity contribution in [3.63, 3.8) is 0 Å². The molecule has 0 aliphatic rings. The molecule has 0 saturated carbocycles. The van der Waals surface area contributed by atoms with E-state index in [0.29, 0.717) is 6.04 Å². The summed E-state index contributed by atoms with van der Waals surface area (Å²) in [5.74, 6) is -0.171.